The van der Waals surface area contributed by atoms with Gasteiger partial charge in [-0.3, -0.25) is 9.69 Å². The van der Waals surface area contributed by atoms with Crippen LogP contribution in [0.15, 0.2) is 0 Å². The molecule has 0 aliphatic heterocycles. The topological polar surface area (TPSA) is 40.5 Å². The Hall–Kier alpha value is -0.570. The molecule has 1 aliphatic carbocycles. The number of hydrogen-bond donors (Lipinski definition) is 1. The molecule has 3 heteroatoms. The molecule has 0 amide bonds. The summed E-state index contributed by atoms with van der Waals surface area (Å²) in [4.78, 5) is 13.2. The van der Waals surface area contributed by atoms with E-state index in [4.69, 9.17) is 5.11 Å². The zero-order valence-corrected chi connectivity index (χ0v) is 12.6. The highest BCUT2D eigenvalue weighted by molar-refractivity contribution is 5.66. The van der Waals surface area contributed by atoms with Crippen molar-refractivity contribution in [3.8, 4) is 0 Å². The molecule has 1 fully saturated rings. The Balaban J connectivity index is 2.64. The van der Waals surface area contributed by atoms with Crippen LogP contribution in [-0.2, 0) is 4.79 Å². The van der Waals surface area contributed by atoms with Crippen LogP contribution >= 0.6 is 0 Å². The Bertz CT molecular complexity index is 281. The van der Waals surface area contributed by atoms with Crippen molar-refractivity contribution in [1.82, 2.24) is 4.90 Å². The third-order valence-electron chi connectivity index (χ3n) is 4.18. The van der Waals surface area contributed by atoms with E-state index < -0.39 is 5.97 Å². The van der Waals surface area contributed by atoms with Crippen molar-refractivity contribution in [2.75, 3.05) is 6.54 Å². The monoisotopic (exact) mass is 255 g/mol. The minimum atomic E-state index is -0.694. The summed E-state index contributed by atoms with van der Waals surface area (Å²) in [5.74, 6) is -0.694. The summed E-state index contributed by atoms with van der Waals surface area (Å²) in [5, 5.41) is 8.88. The van der Waals surface area contributed by atoms with Gasteiger partial charge in [-0.2, -0.15) is 0 Å². The van der Waals surface area contributed by atoms with Crippen molar-refractivity contribution in [1.29, 1.82) is 0 Å². The Morgan fingerprint density at radius 1 is 1.28 bits per heavy atom. The Morgan fingerprint density at radius 2 is 1.78 bits per heavy atom. The van der Waals surface area contributed by atoms with Crippen LogP contribution in [0.3, 0.4) is 0 Å². The third kappa shape index (κ3) is 4.60. The summed E-state index contributed by atoms with van der Waals surface area (Å²) in [6.45, 7) is 11.9. The maximum Gasteiger partial charge on any atom is 0.304 e. The summed E-state index contributed by atoms with van der Waals surface area (Å²) in [7, 11) is 0. The molecule has 0 bridgehead atoms. The lowest BCUT2D eigenvalue weighted by atomic mass is 9.74. The van der Waals surface area contributed by atoms with Gasteiger partial charge in [0.2, 0.25) is 0 Å². The van der Waals surface area contributed by atoms with Crippen molar-refractivity contribution in [3.05, 3.63) is 0 Å². The average Bonchev–Trinajstić information content (AvgIpc) is 2.18. The molecule has 0 heterocycles. The van der Waals surface area contributed by atoms with E-state index in [2.05, 4.69) is 39.5 Å². The lowest BCUT2D eigenvalue weighted by Crippen LogP contribution is -2.50. The molecule has 106 valence electrons. The minimum absolute atomic E-state index is 0.0571. The fourth-order valence-electron chi connectivity index (χ4n) is 2.98. The van der Waals surface area contributed by atoms with Gasteiger partial charge >= 0.3 is 5.97 Å². The van der Waals surface area contributed by atoms with E-state index in [9.17, 15) is 4.79 Å². The molecule has 0 aromatic carbocycles. The first-order valence-electron chi connectivity index (χ1n) is 7.10. The van der Waals surface area contributed by atoms with Crippen molar-refractivity contribution < 1.29 is 9.90 Å². The second-order valence-electron chi connectivity index (χ2n) is 7.40. The number of aliphatic carboxylic acids is 1. The van der Waals surface area contributed by atoms with E-state index in [0.29, 0.717) is 18.0 Å². The van der Waals surface area contributed by atoms with Gasteiger partial charge in [0.15, 0.2) is 0 Å². The number of nitrogens with zero attached hydrogens (tertiary/aromatic N) is 1. The van der Waals surface area contributed by atoms with Crippen LogP contribution in [0.25, 0.3) is 0 Å². The van der Waals surface area contributed by atoms with E-state index in [1.54, 1.807) is 0 Å². The van der Waals surface area contributed by atoms with E-state index in [1.807, 2.05) is 0 Å². The lowest BCUT2D eigenvalue weighted by Gasteiger charge is -2.46. The first kappa shape index (κ1) is 15.5. The normalized spacial score (nSPS) is 21.2. The summed E-state index contributed by atoms with van der Waals surface area (Å²) < 4.78 is 0. The Morgan fingerprint density at radius 3 is 2.17 bits per heavy atom. The highest BCUT2D eigenvalue weighted by Gasteiger charge is 2.34. The SMILES string of the molecule is CC1(C)CCC(N(CCC(=O)O)C(C)(C)C)CC1. The lowest BCUT2D eigenvalue weighted by molar-refractivity contribution is -0.138. The largest absolute Gasteiger partial charge is 0.481 e. The van der Waals surface area contributed by atoms with Crippen molar-refractivity contribution in [2.24, 2.45) is 5.41 Å². The van der Waals surface area contributed by atoms with E-state index in [0.717, 1.165) is 0 Å². The van der Waals surface area contributed by atoms with Gasteiger partial charge in [0.05, 0.1) is 6.42 Å². The minimum Gasteiger partial charge on any atom is -0.481 e. The third-order valence-corrected chi connectivity index (χ3v) is 4.18. The first-order valence-corrected chi connectivity index (χ1v) is 7.10. The molecule has 0 saturated heterocycles. The quantitative estimate of drug-likeness (QED) is 0.835. The van der Waals surface area contributed by atoms with E-state index >= 15 is 0 Å². The van der Waals surface area contributed by atoms with Gasteiger partial charge in [0, 0.05) is 18.1 Å². The molecule has 1 aliphatic rings. The summed E-state index contributed by atoms with van der Waals surface area (Å²) in [6.07, 6.45) is 5.14. The molecular formula is C15H29NO2. The number of carboxylic acid groups (broad SMARTS) is 1. The predicted molar refractivity (Wildman–Crippen MR) is 74.7 cm³/mol. The molecule has 0 aromatic heterocycles. The molecular weight excluding hydrogens is 226 g/mol. The molecule has 0 spiro atoms. The van der Waals surface area contributed by atoms with Crippen molar-refractivity contribution in [2.45, 2.75) is 78.3 Å². The number of carbonyl (C=O) groups is 1. The highest BCUT2D eigenvalue weighted by Crippen LogP contribution is 2.38. The van der Waals surface area contributed by atoms with Gasteiger partial charge in [-0.25, -0.2) is 0 Å². The standard InChI is InChI=1S/C15H29NO2/c1-14(2,3)16(11-8-13(17)18)12-6-9-15(4,5)10-7-12/h12H,6-11H2,1-5H3,(H,17,18). The van der Waals surface area contributed by atoms with Crippen LogP contribution in [0.5, 0.6) is 0 Å². The fraction of sp³-hybridized carbons (Fsp3) is 0.933. The van der Waals surface area contributed by atoms with E-state index in [1.165, 1.54) is 25.7 Å². The molecule has 1 rings (SSSR count). The van der Waals surface area contributed by atoms with Gasteiger partial charge in [0.1, 0.15) is 0 Å². The van der Waals surface area contributed by atoms with Crippen molar-refractivity contribution >= 4 is 5.97 Å². The van der Waals surface area contributed by atoms with Gasteiger partial charge < -0.3 is 5.11 Å². The second-order valence-corrected chi connectivity index (χ2v) is 7.40. The zero-order valence-electron chi connectivity index (χ0n) is 12.6. The first-order chi connectivity index (χ1) is 8.12. The van der Waals surface area contributed by atoms with Crippen molar-refractivity contribution in [3.63, 3.8) is 0 Å². The zero-order chi connectivity index (χ0) is 14.0. The summed E-state index contributed by atoms with van der Waals surface area (Å²) in [5.41, 5.74) is 0.522. The fourth-order valence-corrected chi connectivity index (χ4v) is 2.98. The average molecular weight is 255 g/mol. The van der Waals surface area contributed by atoms with Crippen LogP contribution in [0.2, 0.25) is 0 Å². The maximum absolute atomic E-state index is 10.8. The highest BCUT2D eigenvalue weighted by atomic mass is 16.4. The molecule has 3 nitrogen and oxygen atoms in total. The molecule has 1 saturated carbocycles. The van der Waals surface area contributed by atoms with Gasteiger partial charge in [-0.1, -0.05) is 13.8 Å². The van der Waals surface area contributed by atoms with Crippen LogP contribution in [-0.4, -0.2) is 34.1 Å². The molecule has 0 atom stereocenters. The smallest absolute Gasteiger partial charge is 0.304 e. The second kappa shape index (κ2) is 5.60. The predicted octanol–water partition coefficient (Wildman–Crippen LogP) is 3.53. The van der Waals surface area contributed by atoms with E-state index in [-0.39, 0.29) is 12.0 Å². The number of rotatable bonds is 4. The van der Waals surface area contributed by atoms with Crippen LogP contribution in [0, 0.1) is 5.41 Å². The van der Waals surface area contributed by atoms with Crippen LogP contribution in [0.4, 0.5) is 0 Å². The Labute approximate surface area is 112 Å². The van der Waals surface area contributed by atoms with Crippen LogP contribution in [0.1, 0.15) is 66.7 Å². The summed E-state index contributed by atoms with van der Waals surface area (Å²) >= 11 is 0. The molecule has 0 radical (unpaired) electrons. The molecule has 0 unspecified atom stereocenters. The Kier molecular flexibility index (Phi) is 4.82. The molecule has 1 N–H and O–H groups in total. The number of hydrogen-bond acceptors (Lipinski definition) is 2. The van der Waals surface area contributed by atoms with Gasteiger partial charge in [-0.05, 0) is 51.9 Å². The molecule has 18 heavy (non-hydrogen) atoms. The number of carboxylic acids is 1. The maximum atomic E-state index is 10.8. The van der Waals surface area contributed by atoms with Gasteiger partial charge in [0.25, 0.3) is 0 Å². The van der Waals surface area contributed by atoms with Crippen LogP contribution < -0.4 is 0 Å². The van der Waals surface area contributed by atoms with Gasteiger partial charge in [-0.15, -0.1) is 0 Å². The molecule has 0 aromatic rings. The summed E-state index contributed by atoms with van der Waals surface area (Å²) in [6, 6.07) is 0.553.